The quantitative estimate of drug-likeness (QED) is 0.317. The van der Waals surface area contributed by atoms with E-state index in [9.17, 15) is 0 Å². The maximum atomic E-state index is 3.92. The van der Waals surface area contributed by atoms with Crippen LogP contribution in [0.2, 0.25) is 0 Å². The maximum Gasteiger partial charge on any atom is 0.0798 e. The highest BCUT2D eigenvalue weighted by Crippen LogP contribution is 2.61. The zero-order chi connectivity index (χ0) is 23.7. The van der Waals surface area contributed by atoms with E-state index in [-0.39, 0.29) is 0 Å². The zero-order valence-corrected chi connectivity index (χ0v) is 19.7. The van der Waals surface area contributed by atoms with E-state index in [4.69, 9.17) is 0 Å². The highest BCUT2D eigenvalue weighted by atomic mass is 14.9. The van der Waals surface area contributed by atoms with Crippen LogP contribution in [0.4, 0.5) is 5.69 Å². The van der Waals surface area contributed by atoms with Crippen LogP contribution in [-0.4, -0.2) is 0 Å². The van der Waals surface area contributed by atoms with E-state index in [1.54, 1.807) is 0 Å². The van der Waals surface area contributed by atoms with Gasteiger partial charge in [0.15, 0.2) is 0 Å². The molecule has 4 aliphatic rings. The van der Waals surface area contributed by atoms with Crippen molar-refractivity contribution in [2.75, 3.05) is 5.32 Å². The standard InChI is InChI=1S/C35H23N/c1-6-15-28-23(9-1)12-7-17-33(28)36-34-19-18-30-27-14-5-3-11-25(27)22-32(30)35(34)20-8-16-29-26-13-4-2-10-24(26)21-31(29)35/h1-22,36H. The van der Waals surface area contributed by atoms with Gasteiger partial charge in [0.25, 0.3) is 0 Å². The molecule has 0 aromatic heterocycles. The Kier molecular flexibility index (Phi) is 3.93. The molecule has 0 aliphatic heterocycles. The Morgan fingerprint density at radius 1 is 0.556 bits per heavy atom. The molecule has 1 atom stereocenters. The van der Waals surface area contributed by atoms with E-state index in [2.05, 4.69) is 139 Å². The van der Waals surface area contributed by atoms with E-state index in [0.717, 1.165) is 5.69 Å². The molecular weight excluding hydrogens is 434 g/mol. The largest absolute Gasteiger partial charge is 0.357 e. The lowest BCUT2D eigenvalue weighted by Crippen LogP contribution is -2.32. The third-order valence-corrected chi connectivity index (χ3v) is 8.04. The molecule has 4 aromatic carbocycles. The molecule has 4 aromatic rings. The highest BCUT2D eigenvalue weighted by Gasteiger charge is 2.48. The van der Waals surface area contributed by atoms with Gasteiger partial charge in [-0.2, -0.15) is 0 Å². The first kappa shape index (κ1) is 19.7. The molecule has 0 heterocycles. The Hall–Kier alpha value is -4.62. The van der Waals surface area contributed by atoms with E-state index in [0.29, 0.717) is 0 Å². The normalized spacial score (nSPS) is 20.5. The van der Waals surface area contributed by atoms with Crippen molar-refractivity contribution in [3.05, 3.63) is 160 Å². The van der Waals surface area contributed by atoms with Crippen LogP contribution in [0.5, 0.6) is 0 Å². The molecule has 1 nitrogen and oxygen atoms in total. The molecule has 4 aliphatic carbocycles. The molecule has 1 spiro atoms. The van der Waals surface area contributed by atoms with Crippen molar-refractivity contribution in [3.63, 3.8) is 0 Å². The second-order valence-corrected chi connectivity index (χ2v) is 9.85. The molecule has 168 valence electrons. The summed E-state index contributed by atoms with van der Waals surface area (Å²) in [5.41, 5.74) is 12.4. The molecule has 8 rings (SSSR count). The number of nitrogens with one attached hydrogen (secondary N) is 1. The van der Waals surface area contributed by atoms with Gasteiger partial charge in [-0.3, -0.25) is 0 Å². The van der Waals surface area contributed by atoms with E-state index in [1.165, 1.54) is 61.0 Å². The molecule has 1 unspecified atom stereocenters. The first-order chi connectivity index (χ1) is 17.8. The van der Waals surface area contributed by atoms with Crippen LogP contribution in [0.25, 0.3) is 34.1 Å². The summed E-state index contributed by atoms with van der Waals surface area (Å²) in [4.78, 5) is 0. The van der Waals surface area contributed by atoms with Gasteiger partial charge < -0.3 is 5.32 Å². The lowest BCUT2D eigenvalue weighted by molar-refractivity contribution is 0.701. The predicted octanol–water partition coefficient (Wildman–Crippen LogP) is 8.67. The molecule has 0 bridgehead atoms. The van der Waals surface area contributed by atoms with Crippen LogP contribution in [0, 0.1) is 5.41 Å². The lowest BCUT2D eigenvalue weighted by atomic mass is 9.63. The van der Waals surface area contributed by atoms with Gasteiger partial charge in [-0.05, 0) is 74.2 Å². The van der Waals surface area contributed by atoms with Crippen molar-refractivity contribution in [1.29, 1.82) is 0 Å². The summed E-state index contributed by atoms with van der Waals surface area (Å²) in [6.07, 6.45) is 16.3. The third-order valence-electron chi connectivity index (χ3n) is 8.04. The fraction of sp³-hybridized carbons (Fsp3) is 0.0286. The van der Waals surface area contributed by atoms with E-state index in [1.807, 2.05) is 0 Å². The van der Waals surface area contributed by atoms with Crippen molar-refractivity contribution < 1.29 is 0 Å². The van der Waals surface area contributed by atoms with Crippen LogP contribution in [-0.2, 0) is 0 Å². The molecule has 1 heteroatoms. The molecular formula is C35H23N. The van der Waals surface area contributed by atoms with Crippen LogP contribution in [0.15, 0.2) is 138 Å². The summed E-state index contributed by atoms with van der Waals surface area (Å²) >= 11 is 0. The van der Waals surface area contributed by atoms with E-state index >= 15 is 0 Å². The minimum Gasteiger partial charge on any atom is -0.357 e. The Labute approximate surface area is 210 Å². The SMILES string of the molecule is C1=CC2(C(Nc3cccc4ccccc34)=CC=C3C2=Cc2ccccc23)C2=Cc3ccccc3C2=C1. The number of rotatable bonds is 2. The summed E-state index contributed by atoms with van der Waals surface area (Å²) in [6, 6.07) is 32.6. The molecule has 0 radical (unpaired) electrons. The first-order valence-electron chi connectivity index (χ1n) is 12.5. The molecule has 0 fully saturated rings. The van der Waals surface area contributed by atoms with Crippen molar-refractivity contribution in [2.24, 2.45) is 5.41 Å². The molecule has 0 saturated carbocycles. The second kappa shape index (κ2) is 7.19. The predicted molar refractivity (Wildman–Crippen MR) is 152 cm³/mol. The van der Waals surface area contributed by atoms with Gasteiger partial charge in [0.2, 0.25) is 0 Å². The number of anilines is 1. The van der Waals surface area contributed by atoms with E-state index < -0.39 is 5.41 Å². The minimum absolute atomic E-state index is 0.400. The lowest BCUT2D eigenvalue weighted by Gasteiger charge is -2.42. The summed E-state index contributed by atoms with van der Waals surface area (Å²) < 4.78 is 0. The van der Waals surface area contributed by atoms with Gasteiger partial charge in [0.05, 0.1) is 5.41 Å². The molecule has 36 heavy (non-hydrogen) atoms. The number of fused-ring (bicyclic) bond motifs is 9. The number of hydrogen-bond donors (Lipinski definition) is 1. The van der Waals surface area contributed by atoms with Gasteiger partial charge in [0, 0.05) is 16.8 Å². The Morgan fingerprint density at radius 3 is 1.97 bits per heavy atom. The average Bonchev–Trinajstić information content (AvgIpc) is 3.50. The Morgan fingerprint density at radius 2 is 1.19 bits per heavy atom. The average molecular weight is 458 g/mol. The fourth-order valence-corrected chi connectivity index (χ4v) is 6.42. The number of allylic oxidation sites excluding steroid dienone is 7. The third kappa shape index (κ3) is 2.55. The zero-order valence-electron chi connectivity index (χ0n) is 19.7. The summed E-state index contributed by atoms with van der Waals surface area (Å²) in [6.45, 7) is 0. The topological polar surface area (TPSA) is 12.0 Å². The van der Waals surface area contributed by atoms with Gasteiger partial charge in [-0.1, -0.05) is 109 Å². The fourth-order valence-electron chi connectivity index (χ4n) is 6.42. The van der Waals surface area contributed by atoms with Crippen LogP contribution in [0.3, 0.4) is 0 Å². The van der Waals surface area contributed by atoms with Crippen LogP contribution >= 0.6 is 0 Å². The van der Waals surface area contributed by atoms with Crippen molar-refractivity contribution in [2.45, 2.75) is 0 Å². The Bertz CT molecular complexity index is 1780. The van der Waals surface area contributed by atoms with Crippen LogP contribution < -0.4 is 5.32 Å². The second-order valence-electron chi connectivity index (χ2n) is 9.85. The summed E-state index contributed by atoms with van der Waals surface area (Å²) in [7, 11) is 0. The monoisotopic (exact) mass is 457 g/mol. The van der Waals surface area contributed by atoms with Crippen molar-refractivity contribution in [1.82, 2.24) is 0 Å². The summed E-state index contributed by atoms with van der Waals surface area (Å²) in [5, 5.41) is 6.39. The van der Waals surface area contributed by atoms with Crippen molar-refractivity contribution >= 4 is 39.8 Å². The van der Waals surface area contributed by atoms with Crippen LogP contribution in [0.1, 0.15) is 22.3 Å². The van der Waals surface area contributed by atoms with Gasteiger partial charge in [-0.15, -0.1) is 0 Å². The first-order valence-corrected chi connectivity index (χ1v) is 12.5. The smallest absolute Gasteiger partial charge is 0.0798 e. The Balaban J connectivity index is 1.37. The minimum atomic E-state index is -0.400. The van der Waals surface area contributed by atoms with Crippen molar-refractivity contribution in [3.8, 4) is 0 Å². The molecule has 0 saturated heterocycles. The highest BCUT2D eigenvalue weighted by molar-refractivity contribution is 6.06. The van der Waals surface area contributed by atoms with Gasteiger partial charge in [-0.25, -0.2) is 0 Å². The van der Waals surface area contributed by atoms with Gasteiger partial charge in [0.1, 0.15) is 0 Å². The summed E-state index contributed by atoms with van der Waals surface area (Å²) in [5.74, 6) is 0. The molecule has 1 N–H and O–H groups in total. The number of hydrogen-bond acceptors (Lipinski definition) is 1. The van der Waals surface area contributed by atoms with Gasteiger partial charge >= 0.3 is 0 Å². The molecule has 0 amide bonds. The number of benzene rings is 4. The maximum absolute atomic E-state index is 3.92.